The summed E-state index contributed by atoms with van der Waals surface area (Å²) >= 11 is 0. The first-order chi connectivity index (χ1) is 5.47. The topological polar surface area (TPSA) is 29.5 Å². The molecule has 0 saturated heterocycles. The van der Waals surface area contributed by atoms with Crippen molar-refractivity contribution in [2.45, 2.75) is 26.6 Å². The molecule has 0 spiro atoms. The molecule has 0 heterocycles. The summed E-state index contributed by atoms with van der Waals surface area (Å²) in [5, 5.41) is 9.32. The highest BCUT2D eigenvalue weighted by atomic mass is 16.6. The lowest BCUT2D eigenvalue weighted by molar-refractivity contribution is -0.104. The second kappa shape index (κ2) is 3.15. The lowest BCUT2D eigenvalue weighted by atomic mass is 10.2. The van der Waals surface area contributed by atoms with Gasteiger partial charge in [-0.3, -0.25) is 0 Å². The lowest BCUT2D eigenvalue weighted by Gasteiger charge is -2.19. The zero-order chi connectivity index (χ0) is 9.19. The van der Waals surface area contributed by atoms with Crippen molar-refractivity contribution in [3.05, 3.63) is 29.8 Å². The van der Waals surface area contributed by atoms with Gasteiger partial charge in [-0.15, -0.1) is 0 Å². The summed E-state index contributed by atoms with van der Waals surface area (Å²) in [5.41, 5.74) is 1.18. The standard InChI is InChI=1S/C10H14O2/c1-8-4-6-9(7-5-8)12-10(2,3)11/h4-7,11H,1-3H3. The molecular weight excluding hydrogens is 152 g/mol. The Bertz CT molecular complexity index is 244. The van der Waals surface area contributed by atoms with Gasteiger partial charge >= 0.3 is 0 Å². The van der Waals surface area contributed by atoms with Gasteiger partial charge in [-0.1, -0.05) is 17.7 Å². The summed E-state index contributed by atoms with van der Waals surface area (Å²) in [6, 6.07) is 7.57. The Kier molecular flexibility index (Phi) is 2.38. The van der Waals surface area contributed by atoms with Crippen LogP contribution in [-0.2, 0) is 0 Å². The van der Waals surface area contributed by atoms with Crippen molar-refractivity contribution < 1.29 is 9.84 Å². The van der Waals surface area contributed by atoms with Gasteiger partial charge in [0.15, 0.2) is 0 Å². The number of hydrogen-bond acceptors (Lipinski definition) is 2. The summed E-state index contributed by atoms with van der Waals surface area (Å²) in [4.78, 5) is 0. The van der Waals surface area contributed by atoms with Gasteiger partial charge in [0.2, 0.25) is 5.79 Å². The van der Waals surface area contributed by atoms with E-state index in [1.807, 2.05) is 31.2 Å². The number of aliphatic hydroxyl groups is 1. The van der Waals surface area contributed by atoms with Gasteiger partial charge < -0.3 is 9.84 Å². The Morgan fingerprint density at radius 2 is 1.67 bits per heavy atom. The highest BCUT2D eigenvalue weighted by molar-refractivity contribution is 5.26. The fourth-order valence-corrected chi connectivity index (χ4v) is 0.895. The molecule has 12 heavy (non-hydrogen) atoms. The van der Waals surface area contributed by atoms with Gasteiger partial charge in [0.05, 0.1) is 0 Å². The number of benzene rings is 1. The largest absolute Gasteiger partial charge is 0.463 e. The van der Waals surface area contributed by atoms with Gasteiger partial charge in [-0.05, 0) is 19.1 Å². The smallest absolute Gasteiger partial charge is 0.202 e. The van der Waals surface area contributed by atoms with Crippen LogP contribution < -0.4 is 4.74 Å². The van der Waals surface area contributed by atoms with Crippen molar-refractivity contribution in [2.24, 2.45) is 0 Å². The van der Waals surface area contributed by atoms with E-state index in [9.17, 15) is 5.11 Å². The summed E-state index contributed by atoms with van der Waals surface area (Å²) in [5.74, 6) is -0.414. The maximum absolute atomic E-state index is 9.32. The molecule has 0 unspecified atom stereocenters. The minimum atomic E-state index is -1.10. The summed E-state index contributed by atoms with van der Waals surface area (Å²) in [6.07, 6.45) is 0. The van der Waals surface area contributed by atoms with Crippen molar-refractivity contribution in [1.29, 1.82) is 0 Å². The number of aryl methyl sites for hydroxylation is 1. The molecular formula is C10H14O2. The third kappa shape index (κ3) is 2.93. The van der Waals surface area contributed by atoms with Crippen LogP contribution in [0.25, 0.3) is 0 Å². The Labute approximate surface area is 72.8 Å². The maximum atomic E-state index is 9.32. The second-order valence-corrected chi connectivity index (χ2v) is 3.36. The highest BCUT2D eigenvalue weighted by Crippen LogP contribution is 2.16. The molecule has 0 aliphatic carbocycles. The lowest BCUT2D eigenvalue weighted by Crippen LogP contribution is -2.26. The zero-order valence-corrected chi connectivity index (χ0v) is 7.66. The Morgan fingerprint density at radius 3 is 2.08 bits per heavy atom. The molecule has 0 fully saturated rings. The molecule has 0 aliphatic heterocycles. The Balaban J connectivity index is 2.71. The molecule has 0 aromatic heterocycles. The van der Waals surface area contributed by atoms with Crippen LogP contribution in [0.3, 0.4) is 0 Å². The first kappa shape index (κ1) is 9.07. The van der Waals surface area contributed by atoms with Crippen molar-refractivity contribution in [2.75, 3.05) is 0 Å². The van der Waals surface area contributed by atoms with E-state index in [1.165, 1.54) is 5.56 Å². The SMILES string of the molecule is Cc1ccc(OC(C)(C)O)cc1. The zero-order valence-electron chi connectivity index (χ0n) is 7.66. The van der Waals surface area contributed by atoms with Gasteiger partial charge in [0, 0.05) is 13.8 Å². The molecule has 0 saturated carbocycles. The van der Waals surface area contributed by atoms with E-state index in [4.69, 9.17) is 4.74 Å². The first-order valence-corrected chi connectivity index (χ1v) is 3.95. The van der Waals surface area contributed by atoms with Gasteiger partial charge in [0.25, 0.3) is 0 Å². The Hall–Kier alpha value is -1.02. The minimum Gasteiger partial charge on any atom is -0.463 e. The fraction of sp³-hybridized carbons (Fsp3) is 0.400. The molecule has 0 atom stereocenters. The normalized spacial score (nSPS) is 11.3. The molecule has 1 aromatic rings. The average Bonchev–Trinajstić information content (AvgIpc) is 1.91. The maximum Gasteiger partial charge on any atom is 0.202 e. The third-order valence-electron chi connectivity index (χ3n) is 1.39. The van der Waals surface area contributed by atoms with Gasteiger partial charge in [-0.2, -0.15) is 0 Å². The van der Waals surface area contributed by atoms with Crippen LogP contribution >= 0.6 is 0 Å². The Morgan fingerprint density at radius 1 is 1.17 bits per heavy atom. The fourth-order valence-electron chi connectivity index (χ4n) is 0.895. The minimum absolute atomic E-state index is 0.688. The van der Waals surface area contributed by atoms with E-state index in [2.05, 4.69) is 0 Å². The quantitative estimate of drug-likeness (QED) is 0.682. The van der Waals surface area contributed by atoms with Crippen LogP contribution in [0.1, 0.15) is 19.4 Å². The van der Waals surface area contributed by atoms with E-state index < -0.39 is 5.79 Å². The molecule has 0 amide bonds. The molecule has 2 nitrogen and oxygen atoms in total. The monoisotopic (exact) mass is 166 g/mol. The van der Waals surface area contributed by atoms with Crippen LogP contribution in [0.5, 0.6) is 5.75 Å². The summed E-state index contributed by atoms with van der Waals surface area (Å²) < 4.78 is 5.21. The van der Waals surface area contributed by atoms with Gasteiger partial charge in [0.1, 0.15) is 5.75 Å². The predicted molar refractivity (Wildman–Crippen MR) is 48.1 cm³/mol. The van der Waals surface area contributed by atoms with E-state index in [0.29, 0.717) is 5.75 Å². The van der Waals surface area contributed by atoms with E-state index >= 15 is 0 Å². The molecule has 1 N–H and O–H groups in total. The second-order valence-electron chi connectivity index (χ2n) is 3.36. The number of ether oxygens (including phenoxy) is 1. The van der Waals surface area contributed by atoms with Crippen molar-refractivity contribution in [3.8, 4) is 5.75 Å². The first-order valence-electron chi connectivity index (χ1n) is 3.95. The summed E-state index contributed by atoms with van der Waals surface area (Å²) in [7, 11) is 0. The predicted octanol–water partition coefficient (Wildman–Crippen LogP) is 2.10. The molecule has 0 radical (unpaired) electrons. The van der Waals surface area contributed by atoms with E-state index in [1.54, 1.807) is 13.8 Å². The van der Waals surface area contributed by atoms with E-state index in [-0.39, 0.29) is 0 Å². The molecule has 0 aliphatic rings. The van der Waals surface area contributed by atoms with Crippen LogP contribution in [0.15, 0.2) is 24.3 Å². The van der Waals surface area contributed by atoms with Crippen molar-refractivity contribution in [1.82, 2.24) is 0 Å². The number of hydrogen-bond donors (Lipinski definition) is 1. The molecule has 1 rings (SSSR count). The van der Waals surface area contributed by atoms with Crippen molar-refractivity contribution in [3.63, 3.8) is 0 Å². The molecule has 1 aromatic carbocycles. The molecule has 0 bridgehead atoms. The third-order valence-corrected chi connectivity index (χ3v) is 1.39. The highest BCUT2D eigenvalue weighted by Gasteiger charge is 2.13. The molecule has 2 heteroatoms. The average molecular weight is 166 g/mol. The molecule has 66 valence electrons. The van der Waals surface area contributed by atoms with Crippen LogP contribution in [0, 0.1) is 6.92 Å². The van der Waals surface area contributed by atoms with Crippen LogP contribution in [-0.4, -0.2) is 10.9 Å². The van der Waals surface area contributed by atoms with Crippen LogP contribution in [0.4, 0.5) is 0 Å². The van der Waals surface area contributed by atoms with Crippen LogP contribution in [0.2, 0.25) is 0 Å². The summed E-state index contributed by atoms with van der Waals surface area (Å²) in [6.45, 7) is 5.22. The number of rotatable bonds is 2. The van der Waals surface area contributed by atoms with Crippen molar-refractivity contribution >= 4 is 0 Å². The van der Waals surface area contributed by atoms with E-state index in [0.717, 1.165) is 0 Å². The van der Waals surface area contributed by atoms with Gasteiger partial charge in [-0.25, -0.2) is 0 Å².